The zero-order valence-corrected chi connectivity index (χ0v) is 12.7. The summed E-state index contributed by atoms with van der Waals surface area (Å²) < 4.78 is 5.82. The van der Waals surface area contributed by atoms with Crippen molar-refractivity contribution in [1.29, 1.82) is 0 Å². The number of amides is 1. The Balaban J connectivity index is 2.05. The average Bonchev–Trinajstić information content (AvgIpc) is 2.49. The molecule has 0 unspecified atom stereocenters. The SMILES string of the molecule is CC[C@H](Oc1ccc(C)c(C)c1)C(=O)Nc1ccccc1. The highest BCUT2D eigenvalue weighted by Crippen LogP contribution is 2.19. The molecular weight excluding hydrogens is 262 g/mol. The molecule has 1 amide bonds. The summed E-state index contributed by atoms with van der Waals surface area (Å²) in [5.74, 6) is 0.607. The Bertz CT molecular complexity index is 608. The van der Waals surface area contributed by atoms with Crippen LogP contribution in [-0.4, -0.2) is 12.0 Å². The lowest BCUT2D eigenvalue weighted by molar-refractivity contribution is -0.122. The Morgan fingerprint density at radius 1 is 1.10 bits per heavy atom. The molecule has 0 radical (unpaired) electrons. The summed E-state index contributed by atoms with van der Waals surface area (Å²) in [6.45, 7) is 6.03. The van der Waals surface area contributed by atoms with Crippen molar-refractivity contribution < 1.29 is 9.53 Å². The first-order chi connectivity index (χ1) is 10.1. The molecule has 1 atom stereocenters. The van der Waals surface area contributed by atoms with Crippen LogP contribution < -0.4 is 10.1 Å². The van der Waals surface area contributed by atoms with Crippen LogP contribution in [0.2, 0.25) is 0 Å². The number of aryl methyl sites for hydroxylation is 2. The summed E-state index contributed by atoms with van der Waals surface area (Å²) >= 11 is 0. The molecule has 0 aliphatic heterocycles. The molecule has 1 N–H and O–H groups in total. The van der Waals surface area contributed by atoms with Gasteiger partial charge in [0.2, 0.25) is 0 Å². The summed E-state index contributed by atoms with van der Waals surface area (Å²) in [4.78, 5) is 12.3. The van der Waals surface area contributed by atoms with Gasteiger partial charge in [-0.25, -0.2) is 0 Å². The Labute approximate surface area is 126 Å². The number of rotatable bonds is 5. The van der Waals surface area contributed by atoms with E-state index in [1.54, 1.807) is 0 Å². The van der Waals surface area contributed by atoms with Gasteiger partial charge in [0.1, 0.15) is 5.75 Å². The first kappa shape index (κ1) is 15.1. The smallest absolute Gasteiger partial charge is 0.265 e. The maximum atomic E-state index is 12.3. The highest BCUT2D eigenvalue weighted by atomic mass is 16.5. The van der Waals surface area contributed by atoms with E-state index in [1.807, 2.05) is 62.4 Å². The number of ether oxygens (including phenoxy) is 1. The predicted molar refractivity (Wildman–Crippen MR) is 85.7 cm³/mol. The van der Waals surface area contributed by atoms with E-state index in [0.29, 0.717) is 6.42 Å². The lowest BCUT2D eigenvalue weighted by Crippen LogP contribution is -2.32. The van der Waals surface area contributed by atoms with Crippen LogP contribution in [0.25, 0.3) is 0 Å². The van der Waals surface area contributed by atoms with E-state index >= 15 is 0 Å². The average molecular weight is 283 g/mol. The Morgan fingerprint density at radius 2 is 1.81 bits per heavy atom. The van der Waals surface area contributed by atoms with Crippen molar-refractivity contribution in [3.63, 3.8) is 0 Å². The third-order valence-electron chi connectivity index (χ3n) is 3.46. The zero-order valence-electron chi connectivity index (χ0n) is 12.7. The van der Waals surface area contributed by atoms with Gasteiger partial charge in [-0.2, -0.15) is 0 Å². The number of para-hydroxylation sites is 1. The summed E-state index contributed by atoms with van der Waals surface area (Å²) in [5, 5.41) is 2.88. The van der Waals surface area contributed by atoms with E-state index in [4.69, 9.17) is 4.74 Å². The zero-order chi connectivity index (χ0) is 15.2. The Hall–Kier alpha value is -2.29. The number of anilines is 1. The molecule has 0 aliphatic rings. The molecule has 0 saturated heterocycles. The fraction of sp³-hybridized carbons (Fsp3) is 0.278. The van der Waals surface area contributed by atoms with Gasteiger partial charge in [-0.3, -0.25) is 4.79 Å². The molecule has 0 saturated carbocycles. The van der Waals surface area contributed by atoms with Crippen molar-refractivity contribution >= 4 is 11.6 Å². The maximum Gasteiger partial charge on any atom is 0.265 e. The lowest BCUT2D eigenvalue weighted by atomic mass is 10.1. The molecule has 2 aromatic carbocycles. The van der Waals surface area contributed by atoms with Crippen molar-refractivity contribution in [2.24, 2.45) is 0 Å². The first-order valence-corrected chi connectivity index (χ1v) is 7.20. The van der Waals surface area contributed by atoms with E-state index in [1.165, 1.54) is 5.56 Å². The number of carbonyl (C=O) groups is 1. The number of nitrogens with one attached hydrogen (secondary N) is 1. The van der Waals surface area contributed by atoms with Crippen molar-refractivity contribution in [2.75, 3.05) is 5.32 Å². The summed E-state index contributed by atoms with van der Waals surface area (Å²) in [6, 6.07) is 15.3. The van der Waals surface area contributed by atoms with Gasteiger partial charge < -0.3 is 10.1 Å². The van der Waals surface area contributed by atoms with Crippen LogP contribution in [0.15, 0.2) is 48.5 Å². The van der Waals surface area contributed by atoms with Crippen LogP contribution in [0, 0.1) is 13.8 Å². The predicted octanol–water partition coefficient (Wildman–Crippen LogP) is 4.10. The van der Waals surface area contributed by atoms with Gasteiger partial charge in [0.15, 0.2) is 6.10 Å². The highest BCUT2D eigenvalue weighted by molar-refractivity contribution is 5.94. The molecular formula is C18H21NO2. The summed E-state index contributed by atoms with van der Waals surface area (Å²) in [5.41, 5.74) is 3.15. The molecule has 0 aromatic heterocycles. The molecule has 0 bridgehead atoms. The van der Waals surface area contributed by atoms with Crippen LogP contribution in [0.1, 0.15) is 24.5 Å². The minimum atomic E-state index is -0.493. The number of hydrogen-bond acceptors (Lipinski definition) is 2. The monoisotopic (exact) mass is 283 g/mol. The van der Waals surface area contributed by atoms with Gasteiger partial charge in [0.25, 0.3) is 5.91 Å². The highest BCUT2D eigenvalue weighted by Gasteiger charge is 2.18. The molecule has 110 valence electrons. The van der Waals surface area contributed by atoms with Gasteiger partial charge >= 0.3 is 0 Å². The molecule has 0 heterocycles. The standard InChI is InChI=1S/C18H21NO2/c1-4-17(18(20)19-15-8-6-5-7-9-15)21-16-11-10-13(2)14(3)12-16/h5-12,17H,4H2,1-3H3,(H,19,20)/t17-/m0/s1. The molecule has 3 nitrogen and oxygen atoms in total. The number of benzene rings is 2. The van der Waals surface area contributed by atoms with Crippen molar-refractivity contribution in [2.45, 2.75) is 33.3 Å². The Kier molecular flexibility index (Phi) is 4.99. The van der Waals surface area contributed by atoms with Gasteiger partial charge in [-0.15, -0.1) is 0 Å². The quantitative estimate of drug-likeness (QED) is 0.897. The Morgan fingerprint density at radius 3 is 2.43 bits per heavy atom. The van der Waals surface area contributed by atoms with E-state index < -0.39 is 6.10 Å². The van der Waals surface area contributed by atoms with Crippen LogP contribution in [0.3, 0.4) is 0 Å². The van der Waals surface area contributed by atoms with E-state index in [0.717, 1.165) is 17.0 Å². The fourth-order valence-corrected chi connectivity index (χ4v) is 2.02. The normalized spacial score (nSPS) is 11.8. The van der Waals surface area contributed by atoms with Crippen LogP contribution >= 0.6 is 0 Å². The van der Waals surface area contributed by atoms with Gasteiger partial charge in [-0.05, 0) is 55.7 Å². The number of hydrogen-bond donors (Lipinski definition) is 1. The first-order valence-electron chi connectivity index (χ1n) is 7.20. The minimum absolute atomic E-state index is 0.123. The second-order valence-corrected chi connectivity index (χ2v) is 5.12. The van der Waals surface area contributed by atoms with E-state index in [2.05, 4.69) is 12.2 Å². The van der Waals surface area contributed by atoms with Crippen LogP contribution in [-0.2, 0) is 4.79 Å². The van der Waals surface area contributed by atoms with Crippen molar-refractivity contribution in [3.05, 3.63) is 59.7 Å². The van der Waals surface area contributed by atoms with Gasteiger partial charge in [0.05, 0.1) is 0 Å². The second-order valence-electron chi connectivity index (χ2n) is 5.12. The van der Waals surface area contributed by atoms with E-state index in [9.17, 15) is 4.79 Å². The minimum Gasteiger partial charge on any atom is -0.481 e. The molecule has 0 aliphatic carbocycles. The van der Waals surface area contributed by atoms with Gasteiger partial charge in [0, 0.05) is 5.69 Å². The maximum absolute atomic E-state index is 12.3. The van der Waals surface area contributed by atoms with Crippen LogP contribution in [0.5, 0.6) is 5.75 Å². The topological polar surface area (TPSA) is 38.3 Å². The largest absolute Gasteiger partial charge is 0.481 e. The third kappa shape index (κ3) is 4.09. The lowest BCUT2D eigenvalue weighted by Gasteiger charge is -2.18. The van der Waals surface area contributed by atoms with Gasteiger partial charge in [-0.1, -0.05) is 31.2 Å². The third-order valence-corrected chi connectivity index (χ3v) is 3.46. The second kappa shape index (κ2) is 6.93. The summed E-state index contributed by atoms with van der Waals surface area (Å²) in [6.07, 6.45) is 0.123. The molecule has 0 fully saturated rings. The van der Waals surface area contributed by atoms with Crippen LogP contribution in [0.4, 0.5) is 5.69 Å². The summed E-state index contributed by atoms with van der Waals surface area (Å²) in [7, 11) is 0. The van der Waals surface area contributed by atoms with Crippen molar-refractivity contribution in [3.8, 4) is 5.75 Å². The molecule has 2 rings (SSSR count). The molecule has 21 heavy (non-hydrogen) atoms. The fourth-order valence-electron chi connectivity index (χ4n) is 2.02. The van der Waals surface area contributed by atoms with Crippen molar-refractivity contribution in [1.82, 2.24) is 0 Å². The molecule has 2 aromatic rings. The molecule has 0 spiro atoms. The molecule has 3 heteroatoms. The number of carbonyl (C=O) groups excluding carboxylic acids is 1. The van der Waals surface area contributed by atoms with E-state index in [-0.39, 0.29) is 5.91 Å².